The van der Waals surface area contributed by atoms with Crippen LogP contribution in [0.15, 0.2) is 71.2 Å². The molecule has 0 aliphatic heterocycles. The first-order valence-corrected chi connectivity index (χ1v) is 19.5. The topological polar surface area (TPSA) is 155 Å². The number of aromatic hydroxyl groups is 2. The minimum Gasteiger partial charge on any atom is -0.507 e. The second-order valence-electron chi connectivity index (χ2n) is 14.2. The van der Waals surface area contributed by atoms with Gasteiger partial charge in [-0.2, -0.15) is 0 Å². The van der Waals surface area contributed by atoms with Gasteiger partial charge in [0.15, 0.2) is 13.2 Å². The predicted molar refractivity (Wildman–Crippen MR) is 223 cm³/mol. The number of phenolic OH excluding ortho intramolecular Hbond substituents is 2. The van der Waals surface area contributed by atoms with Crippen molar-refractivity contribution in [3.05, 3.63) is 110 Å². The van der Waals surface area contributed by atoms with Gasteiger partial charge in [-0.05, 0) is 133 Å². The summed E-state index contributed by atoms with van der Waals surface area (Å²) in [7, 11) is 0. The number of carbonyl (C=O) groups is 3. The van der Waals surface area contributed by atoms with E-state index in [2.05, 4.69) is 0 Å². The number of ether oxygens (including phenoxy) is 4. The van der Waals surface area contributed by atoms with Crippen molar-refractivity contribution in [1.82, 2.24) is 0 Å². The molecule has 0 saturated carbocycles. The minimum absolute atomic E-state index is 0.0532. The quantitative estimate of drug-likeness (QED) is 0.0644. The number of benzene rings is 3. The van der Waals surface area contributed by atoms with Crippen LogP contribution >= 0.6 is 0 Å². The maximum Gasteiger partial charge on any atom is 0.349 e. The molecule has 0 saturated heterocycles. The maximum atomic E-state index is 14.1. The molecule has 0 heterocycles. The van der Waals surface area contributed by atoms with E-state index in [4.69, 9.17) is 18.9 Å². The third kappa shape index (κ3) is 8.51. The molecule has 0 unspecified atom stereocenters. The third-order valence-electron chi connectivity index (χ3n) is 10.8. The van der Waals surface area contributed by atoms with Gasteiger partial charge in [0.05, 0.1) is 17.2 Å². The first-order valence-electron chi connectivity index (χ1n) is 19.5. The van der Waals surface area contributed by atoms with Crippen molar-refractivity contribution >= 4 is 34.7 Å². The fraction of sp³-hybridized carbons (Fsp3) is 0.348. The summed E-state index contributed by atoms with van der Waals surface area (Å²) in [6, 6.07) is 8.37. The van der Waals surface area contributed by atoms with Crippen molar-refractivity contribution in [3.63, 3.8) is 0 Å². The Labute approximate surface area is 339 Å². The number of anilines is 1. The highest BCUT2D eigenvalue weighted by atomic mass is 16.6. The van der Waals surface area contributed by atoms with E-state index in [1.165, 1.54) is 0 Å². The third-order valence-corrected chi connectivity index (χ3v) is 10.8. The van der Waals surface area contributed by atoms with Crippen LogP contribution < -0.4 is 19.1 Å². The van der Waals surface area contributed by atoms with E-state index in [9.17, 15) is 29.7 Å². The smallest absolute Gasteiger partial charge is 0.349 e. The zero-order valence-corrected chi connectivity index (χ0v) is 35.0. The summed E-state index contributed by atoms with van der Waals surface area (Å²) in [5.41, 5.74) is 5.59. The molecule has 0 atom stereocenters. The molecule has 306 valence electrons. The van der Waals surface area contributed by atoms with Crippen LogP contribution in [0.1, 0.15) is 66.6 Å². The summed E-state index contributed by atoms with van der Waals surface area (Å²) in [6.07, 6.45) is 5.07. The number of hydrogen-bond acceptors (Lipinski definition) is 11. The molecule has 0 fully saturated rings. The highest BCUT2D eigenvalue weighted by molar-refractivity contribution is 6.40. The Hall–Kier alpha value is -6.30. The number of carbonyl (C=O) groups excluding carboxylic acids is 3. The summed E-state index contributed by atoms with van der Waals surface area (Å²) in [4.78, 5) is 42.8. The maximum absolute atomic E-state index is 14.1. The number of Topliss-reactive ketones (excluding diaryl/α,β-unsaturated/α-hetero) is 1. The Morgan fingerprint density at radius 1 is 0.672 bits per heavy atom. The number of rotatable bonds is 14. The number of phenols is 2. The minimum atomic E-state index is -0.743. The molecular formula is C46H53N2O10+. The standard InChI is InChI=1S/C46H52N2O10/c1-11-47(12-2)31-15-17-33(37(21-31)57-39(49)23-55-35-19-25(5)43(51)29(9)27(35)7)41-45(53)42(46(41)54)34-18-16-32(48(13-3)14-4)22-38(34)58-40(50)24-56-36-20-26(6)44(52)30(10)28(36)8/h15-22H,11-14,23-24H2,1-10H3,(H2-,51,52,53,54)/p+1. The fourth-order valence-electron chi connectivity index (χ4n) is 7.02. The van der Waals surface area contributed by atoms with Gasteiger partial charge in [0.1, 0.15) is 53.4 Å². The van der Waals surface area contributed by atoms with E-state index in [0.29, 0.717) is 71.1 Å². The van der Waals surface area contributed by atoms with E-state index >= 15 is 0 Å². The molecule has 0 radical (unpaired) electrons. The van der Waals surface area contributed by atoms with Crippen molar-refractivity contribution in [2.24, 2.45) is 0 Å². The van der Waals surface area contributed by atoms with E-state index in [-0.39, 0.29) is 51.0 Å². The largest absolute Gasteiger partial charge is 0.507 e. The average Bonchev–Trinajstić information content (AvgIpc) is 3.20. The van der Waals surface area contributed by atoms with Crippen LogP contribution in [0.2, 0.25) is 0 Å². The Balaban J connectivity index is 1.49. The van der Waals surface area contributed by atoms with Gasteiger partial charge in [0, 0.05) is 42.1 Å². The Morgan fingerprint density at radius 3 is 1.71 bits per heavy atom. The molecule has 3 aromatic carbocycles. The van der Waals surface area contributed by atoms with Crippen molar-refractivity contribution in [3.8, 4) is 28.7 Å². The first kappa shape index (κ1) is 42.8. The lowest BCUT2D eigenvalue weighted by molar-refractivity contribution is -0.519. The van der Waals surface area contributed by atoms with E-state index < -0.39 is 30.9 Å². The summed E-state index contributed by atoms with van der Waals surface area (Å²) in [6.45, 7) is 20.3. The molecule has 2 aliphatic carbocycles. The lowest BCUT2D eigenvalue weighted by Gasteiger charge is -2.27. The number of aliphatic hydroxyl groups is 1. The normalized spacial score (nSPS) is 14.9. The predicted octanol–water partition coefficient (Wildman–Crippen LogP) is 7.50. The molecule has 3 aromatic rings. The van der Waals surface area contributed by atoms with Crippen LogP contribution in [0.25, 0.3) is 5.57 Å². The molecule has 5 rings (SSSR count). The van der Waals surface area contributed by atoms with Crippen LogP contribution in [-0.4, -0.2) is 82.7 Å². The first-order chi connectivity index (χ1) is 27.6. The number of nitrogens with zero attached hydrogens (tertiary/aromatic N) is 2. The van der Waals surface area contributed by atoms with Gasteiger partial charge in [0.2, 0.25) is 11.5 Å². The second kappa shape index (κ2) is 17.9. The molecule has 12 nitrogen and oxygen atoms in total. The summed E-state index contributed by atoms with van der Waals surface area (Å²) >= 11 is 0. The zero-order chi connectivity index (χ0) is 42.6. The van der Waals surface area contributed by atoms with Crippen molar-refractivity contribution in [2.45, 2.75) is 69.2 Å². The number of allylic oxidation sites excluding steroid dienone is 5. The molecule has 0 amide bonds. The van der Waals surface area contributed by atoms with Gasteiger partial charge in [-0.1, -0.05) is 0 Å². The highest BCUT2D eigenvalue weighted by Crippen LogP contribution is 2.44. The van der Waals surface area contributed by atoms with E-state index in [1.54, 1.807) is 90.1 Å². The molecule has 58 heavy (non-hydrogen) atoms. The monoisotopic (exact) mass is 793 g/mol. The van der Waals surface area contributed by atoms with Gasteiger partial charge in [0.25, 0.3) is 0 Å². The van der Waals surface area contributed by atoms with Crippen LogP contribution in [0.3, 0.4) is 0 Å². The highest BCUT2D eigenvalue weighted by Gasteiger charge is 2.40. The molecule has 0 bridgehead atoms. The van der Waals surface area contributed by atoms with Crippen LogP contribution in [0.4, 0.5) is 5.69 Å². The Kier molecular flexibility index (Phi) is 13.2. The molecule has 12 heteroatoms. The molecule has 3 N–H and O–H groups in total. The molecule has 0 spiro atoms. The van der Waals surface area contributed by atoms with Crippen molar-refractivity contribution in [1.29, 1.82) is 0 Å². The fourth-order valence-corrected chi connectivity index (χ4v) is 7.02. The van der Waals surface area contributed by atoms with Crippen LogP contribution in [0.5, 0.6) is 28.7 Å². The van der Waals surface area contributed by atoms with Gasteiger partial charge in [-0.25, -0.2) is 14.2 Å². The molecule has 2 aliphatic rings. The molecule has 0 aromatic heterocycles. The van der Waals surface area contributed by atoms with E-state index in [1.807, 2.05) is 37.2 Å². The number of aryl methyl sites for hydroxylation is 2. The SMILES string of the molecule is CCN(CC)c1ccc(C2=C(O)C(=C3C=CC(=[N+](CC)CC)C=C3OC(=O)COc3cc(C)c(O)c(C)c3C)C2=O)c(OC(=O)COc2cc(C)c(O)c(C)c2C)c1. The number of hydrogen-bond donors (Lipinski definition) is 3. The second-order valence-corrected chi connectivity index (χ2v) is 14.2. The number of ketones is 1. The summed E-state index contributed by atoms with van der Waals surface area (Å²) in [5.74, 6) is -1.11. The molecular weight excluding hydrogens is 741 g/mol. The van der Waals surface area contributed by atoms with Crippen LogP contribution in [0, 0.1) is 41.5 Å². The van der Waals surface area contributed by atoms with Gasteiger partial charge >= 0.3 is 11.9 Å². The zero-order valence-electron chi connectivity index (χ0n) is 35.0. The summed E-state index contributed by atoms with van der Waals surface area (Å²) < 4.78 is 25.4. The van der Waals surface area contributed by atoms with Gasteiger partial charge < -0.3 is 39.2 Å². The lowest BCUT2D eigenvalue weighted by Crippen LogP contribution is -2.27. The van der Waals surface area contributed by atoms with E-state index in [0.717, 1.165) is 11.4 Å². The number of esters is 2. The Bertz CT molecular complexity index is 2330. The number of aliphatic hydroxyl groups excluding tert-OH is 1. The van der Waals surface area contributed by atoms with Crippen molar-refractivity contribution < 1.29 is 53.2 Å². The average molecular weight is 794 g/mol. The van der Waals surface area contributed by atoms with Crippen LogP contribution in [-0.2, 0) is 19.1 Å². The van der Waals surface area contributed by atoms with Gasteiger partial charge in [-0.3, -0.25) is 4.79 Å². The lowest BCUT2D eigenvalue weighted by atomic mass is 9.79. The van der Waals surface area contributed by atoms with Crippen molar-refractivity contribution in [2.75, 3.05) is 44.3 Å². The summed E-state index contributed by atoms with van der Waals surface area (Å²) in [5, 5.41) is 32.2. The van der Waals surface area contributed by atoms with Gasteiger partial charge in [-0.15, -0.1) is 0 Å². The Morgan fingerprint density at radius 2 is 1.21 bits per heavy atom.